The maximum atomic E-state index is 10.6. The van der Waals surface area contributed by atoms with Gasteiger partial charge in [0, 0.05) is 6.08 Å². The maximum Gasteiger partial charge on any atom is 0.328 e. The predicted molar refractivity (Wildman–Crippen MR) is 87.2 cm³/mol. The minimum Gasteiger partial charge on any atom is -0.478 e. The average Bonchev–Trinajstić information content (AvgIpc) is 2.45. The Balaban J connectivity index is 2.30. The molecule has 108 valence electrons. The number of rotatable bonds is 3. The highest BCUT2D eigenvalue weighted by molar-refractivity contribution is 5.85. The van der Waals surface area contributed by atoms with Crippen molar-refractivity contribution in [3.05, 3.63) is 65.7 Å². The predicted octanol–water partition coefficient (Wildman–Crippen LogP) is 4.75. The van der Waals surface area contributed by atoms with Crippen LogP contribution in [0.3, 0.4) is 0 Å². The molecule has 0 aliphatic heterocycles. The van der Waals surface area contributed by atoms with Gasteiger partial charge in [-0.2, -0.15) is 0 Å². The largest absolute Gasteiger partial charge is 0.478 e. The molecule has 0 unspecified atom stereocenters. The maximum absolute atomic E-state index is 10.6. The number of benzene rings is 2. The highest BCUT2D eigenvalue weighted by Gasteiger charge is 2.12. The molecule has 0 amide bonds. The standard InChI is InChI=1S/C19H20O2/c1-19(2,3)17-10-8-15(9-11-17)16-6-4-5-14(13-16)7-12-18(20)21/h4-13H,1-3H3,(H,20,21). The van der Waals surface area contributed by atoms with E-state index in [1.165, 1.54) is 5.56 Å². The van der Waals surface area contributed by atoms with E-state index in [0.29, 0.717) is 0 Å². The molecule has 0 heterocycles. The van der Waals surface area contributed by atoms with Crippen molar-refractivity contribution in [2.75, 3.05) is 0 Å². The van der Waals surface area contributed by atoms with Gasteiger partial charge in [0.1, 0.15) is 0 Å². The molecule has 0 spiro atoms. The molecule has 0 aliphatic rings. The number of carboxylic acid groups (broad SMARTS) is 1. The molecule has 0 fully saturated rings. The monoisotopic (exact) mass is 280 g/mol. The fraction of sp³-hybridized carbons (Fsp3) is 0.211. The Labute approximate surface area is 125 Å². The first-order chi connectivity index (χ1) is 9.86. The third-order valence-electron chi connectivity index (χ3n) is 3.39. The summed E-state index contributed by atoms with van der Waals surface area (Å²) in [6.07, 6.45) is 2.76. The molecular weight excluding hydrogens is 260 g/mol. The smallest absolute Gasteiger partial charge is 0.328 e. The number of carbonyl (C=O) groups is 1. The zero-order valence-corrected chi connectivity index (χ0v) is 12.6. The van der Waals surface area contributed by atoms with Crippen molar-refractivity contribution in [1.29, 1.82) is 0 Å². The lowest BCUT2D eigenvalue weighted by atomic mass is 9.86. The second-order valence-corrected chi connectivity index (χ2v) is 6.12. The molecular formula is C19H20O2. The van der Waals surface area contributed by atoms with Crippen LogP contribution in [-0.2, 0) is 10.2 Å². The molecule has 2 aromatic carbocycles. The van der Waals surface area contributed by atoms with Gasteiger partial charge in [0.2, 0.25) is 0 Å². The Morgan fingerprint density at radius 1 is 1.00 bits per heavy atom. The van der Waals surface area contributed by atoms with Crippen molar-refractivity contribution < 1.29 is 9.90 Å². The zero-order valence-electron chi connectivity index (χ0n) is 12.6. The fourth-order valence-electron chi connectivity index (χ4n) is 2.15. The average molecular weight is 280 g/mol. The van der Waals surface area contributed by atoms with Crippen molar-refractivity contribution in [1.82, 2.24) is 0 Å². The number of hydrogen-bond acceptors (Lipinski definition) is 1. The summed E-state index contributed by atoms with van der Waals surface area (Å²) >= 11 is 0. The summed E-state index contributed by atoms with van der Waals surface area (Å²) in [7, 11) is 0. The molecule has 2 aromatic rings. The lowest BCUT2D eigenvalue weighted by Crippen LogP contribution is -2.10. The van der Waals surface area contributed by atoms with E-state index < -0.39 is 5.97 Å². The van der Waals surface area contributed by atoms with Crippen molar-refractivity contribution in [2.45, 2.75) is 26.2 Å². The van der Waals surface area contributed by atoms with Gasteiger partial charge in [-0.3, -0.25) is 0 Å². The molecule has 0 aliphatic carbocycles. The SMILES string of the molecule is CC(C)(C)c1ccc(-c2cccc(C=CC(=O)O)c2)cc1. The van der Waals surface area contributed by atoms with Crippen LogP contribution in [0, 0.1) is 0 Å². The van der Waals surface area contributed by atoms with Crippen LogP contribution in [0.15, 0.2) is 54.6 Å². The zero-order chi connectivity index (χ0) is 15.5. The van der Waals surface area contributed by atoms with Crippen LogP contribution in [0.2, 0.25) is 0 Å². The van der Waals surface area contributed by atoms with Crippen LogP contribution < -0.4 is 0 Å². The van der Waals surface area contributed by atoms with Crippen molar-refractivity contribution in [3.63, 3.8) is 0 Å². The summed E-state index contributed by atoms with van der Waals surface area (Å²) < 4.78 is 0. The number of carboxylic acids is 1. The van der Waals surface area contributed by atoms with E-state index in [4.69, 9.17) is 5.11 Å². The second-order valence-electron chi connectivity index (χ2n) is 6.12. The van der Waals surface area contributed by atoms with Gasteiger partial charge in [-0.05, 0) is 39.8 Å². The van der Waals surface area contributed by atoms with Crippen LogP contribution in [0.4, 0.5) is 0 Å². The first-order valence-corrected chi connectivity index (χ1v) is 6.98. The molecule has 21 heavy (non-hydrogen) atoms. The fourth-order valence-corrected chi connectivity index (χ4v) is 2.15. The molecule has 0 radical (unpaired) electrons. The van der Waals surface area contributed by atoms with Gasteiger partial charge in [-0.25, -0.2) is 4.79 Å². The highest BCUT2D eigenvalue weighted by atomic mass is 16.4. The minimum absolute atomic E-state index is 0.143. The third kappa shape index (κ3) is 4.06. The third-order valence-corrected chi connectivity index (χ3v) is 3.39. The summed E-state index contributed by atoms with van der Waals surface area (Å²) in [4.78, 5) is 10.6. The van der Waals surface area contributed by atoms with Crippen LogP contribution in [-0.4, -0.2) is 11.1 Å². The summed E-state index contributed by atoms with van der Waals surface area (Å²) in [5.74, 6) is -0.935. The Kier molecular flexibility index (Phi) is 4.27. The second kappa shape index (κ2) is 5.96. The molecule has 0 atom stereocenters. The number of hydrogen-bond donors (Lipinski definition) is 1. The van der Waals surface area contributed by atoms with Crippen molar-refractivity contribution >= 4 is 12.0 Å². The first-order valence-electron chi connectivity index (χ1n) is 6.98. The van der Waals surface area contributed by atoms with Crippen molar-refractivity contribution in [2.24, 2.45) is 0 Å². The molecule has 0 saturated carbocycles. The van der Waals surface area contributed by atoms with E-state index >= 15 is 0 Å². The van der Waals surface area contributed by atoms with Crippen LogP contribution >= 0.6 is 0 Å². The first kappa shape index (κ1) is 15.0. The minimum atomic E-state index is -0.935. The Morgan fingerprint density at radius 3 is 2.24 bits per heavy atom. The van der Waals surface area contributed by atoms with E-state index in [9.17, 15) is 4.79 Å². The molecule has 0 saturated heterocycles. The van der Waals surface area contributed by atoms with Crippen LogP contribution in [0.1, 0.15) is 31.9 Å². The normalized spacial score (nSPS) is 11.8. The van der Waals surface area contributed by atoms with Gasteiger partial charge < -0.3 is 5.11 Å². The Morgan fingerprint density at radius 2 is 1.67 bits per heavy atom. The summed E-state index contributed by atoms with van der Waals surface area (Å²) in [6, 6.07) is 16.4. The molecule has 2 nitrogen and oxygen atoms in total. The van der Waals surface area contributed by atoms with Crippen LogP contribution in [0.25, 0.3) is 17.2 Å². The summed E-state index contributed by atoms with van der Waals surface area (Å²) in [5, 5.41) is 8.68. The van der Waals surface area contributed by atoms with E-state index in [2.05, 4.69) is 45.0 Å². The van der Waals surface area contributed by atoms with E-state index in [0.717, 1.165) is 22.8 Å². The van der Waals surface area contributed by atoms with Crippen molar-refractivity contribution in [3.8, 4) is 11.1 Å². The highest BCUT2D eigenvalue weighted by Crippen LogP contribution is 2.26. The Hall–Kier alpha value is -2.35. The van der Waals surface area contributed by atoms with Gasteiger partial charge in [-0.1, -0.05) is 63.2 Å². The lowest BCUT2D eigenvalue weighted by molar-refractivity contribution is -0.131. The van der Waals surface area contributed by atoms with Crippen LogP contribution in [0.5, 0.6) is 0 Å². The Bertz CT molecular complexity index is 659. The van der Waals surface area contributed by atoms with E-state index in [1.807, 2.05) is 24.3 Å². The quantitative estimate of drug-likeness (QED) is 0.824. The van der Waals surface area contributed by atoms with Gasteiger partial charge in [-0.15, -0.1) is 0 Å². The van der Waals surface area contributed by atoms with Gasteiger partial charge in [0.25, 0.3) is 0 Å². The molecule has 0 aromatic heterocycles. The summed E-state index contributed by atoms with van der Waals surface area (Å²) in [6.45, 7) is 6.58. The molecule has 2 heteroatoms. The molecule has 1 N–H and O–H groups in total. The van der Waals surface area contributed by atoms with Gasteiger partial charge in [0.05, 0.1) is 0 Å². The molecule has 2 rings (SSSR count). The topological polar surface area (TPSA) is 37.3 Å². The lowest BCUT2D eigenvalue weighted by Gasteiger charge is -2.19. The molecule has 0 bridgehead atoms. The van der Waals surface area contributed by atoms with Gasteiger partial charge >= 0.3 is 5.97 Å². The number of aliphatic carboxylic acids is 1. The van der Waals surface area contributed by atoms with Gasteiger partial charge in [0.15, 0.2) is 0 Å². The van der Waals surface area contributed by atoms with E-state index in [-0.39, 0.29) is 5.41 Å². The summed E-state index contributed by atoms with van der Waals surface area (Å²) in [5.41, 5.74) is 4.55. The van der Waals surface area contributed by atoms with E-state index in [1.54, 1.807) is 6.08 Å².